The van der Waals surface area contributed by atoms with Gasteiger partial charge in [0.1, 0.15) is 0 Å². The third-order valence-electron chi connectivity index (χ3n) is 3.53. The molecule has 1 aliphatic rings. The van der Waals surface area contributed by atoms with E-state index >= 15 is 0 Å². The monoisotopic (exact) mass is 241 g/mol. The van der Waals surface area contributed by atoms with E-state index in [2.05, 4.69) is 0 Å². The molecule has 2 unspecified atom stereocenters. The zero-order chi connectivity index (χ0) is 13.2. The molecule has 0 spiro atoms. The molecule has 5 heteroatoms. The van der Waals surface area contributed by atoms with Gasteiger partial charge in [0.15, 0.2) is 0 Å². The van der Waals surface area contributed by atoms with Crippen LogP contribution in [0.1, 0.15) is 27.2 Å². The molecule has 1 amide bonds. The fourth-order valence-electron chi connectivity index (χ4n) is 2.07. The Morgan fingerprint density at radius 2 is 1.88 bits per heavy atom. The molecule has 0 aromatic carbocycles. The van der Waals surface area contributed by atoms with Gasteiger partial charge in [0.05, 0.1) is 12.6 Å². The molecule has 17 heavy (non-hydrogen) atoms. The third kappa shape index (κ3) is 2.66. The van der Waals surface area contributed by atoms with E-state index in [-0.39, 0.29) is 35.6 Å². The Bertz CT molecular complexity index is 362. The highest BCUT2D eigenvalue weighted by Gasteiger charge is 2.34. The van der Waals surface area contributed by atoms with Gasteiger partial charge in [0, 0.05) is 17.7 Å². The van der Waals surface area contributed by atoms with Crippen LogP contribution < -0.4 is 0 Å². The van der Waals surface area contributed by atoms with Gasteiger partial charge in [-0.15, -0.1) is 0 Å². The van der Waals surface area contributed by atoms with Gasteiger partial charge in [-0.1, -0.05) is 6.92 Å². The maximum atomic E-state index is 12.1. The van der Waals surface area contributed by atoms with Crippen molar-refractivity contribution in [1.29, 1.82) is 0 Å². The van der Waals surface area contributed by atoms with E-state index < -0.39 is 5.97 Å². The molecule has 1 aliphatic heterocycles. The molecule has 1 saturated heterocycles. The van der Waals surface area contributed by atoms with Crippen LogP contribution in [0, 0.1) is 5.92 Å². The first-order valence-electron chi connectivity index (χ1n) is 5.72. The summed E-state index contributed by atoms with van der Waals surface area (Å²) >= 11 is 0. The van der Waals surface area contributed by atoms with E-state index in [1.165, 1.54) is 13.8 Å². The van der Waals surface area contributed by atoms with Crippen molar-refractivity contribution in [2.24, 2.45) is 5.92 Å². The van der Waals surface area contributed by atoms with Gasteiger partial charge in [-0.2, -0.15) is 0 Å². The van der Waals surface area contributed by atoms with Crippen LogP contribution in [0.25, 0.3) is 0 Å². The van der Waals surface area contributed by atoms with E-state index in [4.69, 9.17) is 5.11 Å². The Kier molecular flexibility index (Phi) is 4.28. The van der Waals surface area contributed by atoms with E-state index in [0.29, 0.717) is 6.54 Å². The molecular weight excluding hydrogens is 222 g/mol. The van der Waals surface area contributed by atoms with Crippen LogP contribution in [0.15, 0.2) is 11.1 Å². The SMILES string of the molecule is CC(C(=O)O)=C(C)C(=O)N1CCC(C)C1CO. The molecule has 0 saturated carbocycles. The topological polar surface area (TPSA) is 77.8 Å². The maximum Gasteiger partial charge on any atom is 0.331 e. The molecule has 1 heterocycles. The number of aliphatic carboxylic acids is 1. The summed E-state index contributed by atoms with van der Waals surface area (Å²) in [5.74, 6) is -1.11. The number of carbonyl (C=O) groups is 2. The number of amides is 1. The van der Waals surface area contributed by atoms with Gasteiger partial charge < -0.3 is 15.1 Å². The standard InChI is InChI=1S/C12H19NO4/c1-7-4-5-13(10(7)6-14)11(15)8(2)9(3)12(16)17/h7,10,14H,4-6H2,1-3H3,(H,16,17). The highest BCUT2D eigenvalue weighted by molar-refractivity contribution is 6.01. The normalized spacial score (nSPS) is 25.8. The number of aliphatic hydroxyl groups excluding tert-OH is 1. The summed E-state index contributed by atoms with van der Waals surface area (Å²) in [6.45, 7) is 5.42. The van der Waals surface area contributed by atoms with Crippen molar-refractivity contribution in [2.45, 2.75) is 33.2 Å². The highest BCUT2D eigenvalue weighted by atomic mass is 16.4. The first kappa shape index (κ1) is 13.7. The van der Waals surface area contributed by atoms with Crippen LogP contribution in [0.4, 0.5) is 0 Å². The van der Waals surface area contributed by atoms with Gasteiger partial charge in [-0.25, -0.2) is 4.79 Å². The molecule has 1 rings (SSSR count). The molecular formula is C12H19NO4. The number of likely N-dealkylation sites (tertiary alicyclic amines) is 1. The van der Waals surface area contributed by atoms with Crippen LogP contribution in [0.3, 0.4) is 0 Å². The van der Waals surface area contributed by atoms with Crippen LogP contribution in [0.2, 0.25) is 0 Å². The Balaban J connectivity index is 2.91. The maximum absolute atomic E-state index is 12.1. The number of hydrogen-bond acceptors (Lipinski definition) is 3. The zero-order valence-corrected chi connectivity index (χ0v) is 10.4. The van der Waals surface area contributed by atoms with Crippen LogP contribution in [-0.2, 0) is 9.59 Å². The predicted molar refractivity (Wildman–Crippen MR) is 62.4 cm³/mol. The summed E-state index contributed by atoms with van der Waals surface area (Å²) in [4.78, 5) is 24.5. The zero-order valence-electron chi connectivity index (χ0n) is 10.4. The van der Waals surface area contributed by atoms with Gasteiger partial charge >= 0.3 is 5.97 Å². The first-order chi connectivity index (χ1) is 7.90. The van der Waals surface area contributed by atoms with Crippen molar-refractivity contribution in [3.05, 3.63) is 11.1 Å². The lowest BCUT2D eigenvalue weighted by atomic mass is 10.0. The fraction of sp³-hybridized carbons (Fsp3) is 0.667. The first-order valence-corrected chi connectivity index (χ1v) is 5.72. The van der Waals surface area contributed by atoms with Crippen molar-refractivity contribution < 1.29 is 19.8 Å². The summed E-state index contributed by atoms with van der Waals surface area (Å²) in [5, 5.41) is 18.1. The molecule has 2 N–H and O–H groups in total. The molecule has 1 fully saturated rings. The summed E-state index contributed by atoms with van der Waals surface area (Å²) in [6, 6.07) is -0.195. The number of nitrogens with zero attached hydrogens (tertiary/aromatic N) is 1. The second-order valence-electron chi connectivity index (χ2n) is 4.57. The van der Waals surface area contributed by atoms with Gasteiger partial charge in [0.25, 0.3) is 0 Å². The minimum atomic E-state index is -1.08. The summed E-state index contributed by atoms with van der Waals surface area (Å²) in [5.41, 5.74) is 0.302. The Hall–Kier alpha value is -1.36. The van der Waals surface area contributed by atoms with Crippen molar-refractivity contribution in [2.75, 3.05) is 13.2 Å². The fourth-order valence-corrected chi connectivity index (χ4v) is 2.07. The molecule has 2 atom stereocenters. The molecule has 0 radical (unpaired) electrons. The molecule has 0 aromatic rings. The number of rotatable bonds is 3. The average Bonchev–Trinajstić information content (AvgIpc) is 2.67. The smallest absolute Gasteiger partial charge is 0.331 e. The number of hydrogen-bond donors (Lipinski definition) is 2. The second-order valence-corrected chi connectivity index (χ2v) is 4.57. The van der Waals surface area contributed by atoms with Crippen molar-refractivity contribution in [1.82, 2.24) is 4.90 Å². The number of carboxylic acid groups (broad SMARTS) is 1. The van der Waals surface area contributed by atoms with Crippen LogP contribution in [0.5, 0.6) is 0 Å². The molecule has 0 aromatic heterocycles. The van der Waals surface area contributed by atoms with E-state index in [1.54, 1.807) is 4.90 Å². The lowest BCUT2D eigenvalue weighted by Gasteiger charge is -2.25. The minimum absolute atomic E-state index is 0.0613. The Morgan fingerprint density at radius 3 is 2.35 bits per heavy atom. The highest BCUT2D eigenvalue weighted by Crippen LogP contribution is 2.25. The Morgan fingerprint density at radius 1 is 1.29 bits per heavy atom. The predicted octanol–water partition coefficient (Wildman–Crippen LogP) is 0.637. The van der Waals surface area contributed by atoms with E-state index in [1.807, 2.05) is 6.92 Å². The van der Waals surface area contributed by atoms with Crippen molar-refractivity contribution >= 4 is 11.9 Å². The molecule has 5 nitrogen and oxygen atoms in total. The minimum Gasteiger partial charge on any atom is -0.478 e. The van der Waals surface area contributed by atoms with Crippen LogP contribution in [-0.4, -0.2) is 46.2 Å². The second kappa shape index (κ2) is 5.31. The lowest BCUT2D eigenvalue weighted by molar-refractivity contribution is -0.134. The molecule has 0 bridgehead atoms. The third-order valence-corrected chi connectivity index (χ3v) is 3.53. The van der Waals surface area contributed by atoms with E-state index in [0.717, 1.165) is 6.42 Å². The summed E-state index contributed by atoms with van der Waals surface area (Å²) in [6.07, 6.45) is 0.844. The average molecular weight is 241 g/mol. The van der Waals surface area contributed by atoms with Crippen molar-refractivity contribution in [3.8, 4) is 0 Å². The van der Waals surface area contributed by atoms with E-state index in [9.17, 15) is 14.7 Å². The van der Waals surface area contributed by atoms with Crippen LogP contribution >= 0.6 is 0 Å². The van der Waals surface area contributed by atoms with Crippen molar-refractivity contribution in [3.63, 3.8) is 0 Å². The summed E-state index contributed by atoms with van der Waals surface area (Å²) < 4.78 is 0. The number of carbonyl (C=O) groups excluding carboxylic acids is 1. The van der Waals surface area contributed by atoms with Gasteiger partial charge in [-0.3, -0.25) is 4.79 Å². The molecule has 96 valence electrons. The lowest BCUT2D eigenvalue weighted by Crippen LogP contribution is -2.40. The largest absolute Gasteiger partial charge is 0.478 e. The molecule has 0 aliphatic carbocycles. The quantitative estimate of drug-likeness (QED) is 0.711. The number of aliphatic hydroxyl groups is 1. The Labute approximate surface area is 101 Å². The summed E-state index contributed by atoms with van der Waals surface area (Å²) in [7, 11) is 0. The van der Waals surface area contributed by atoms with Gasteiger partial charge in [0.2, 0.25) is 5.91 Å². The van der Waals surface area contributed by atoms with Gasteiger partial charge in [-0.05, 0) is 26.2 Å². The number of carboxylic acids is 1.